The summed E-state index contributed by atoms with van der Waals surface area (Å²) in [4.78, 5) is 9.54. The average Bonchev–Trinajstić information content (AvgIpc) is 2.93. The molecule has 1 aliphatic rings. The Hall–Kier alpha value is -1.82. The Morgan fingerprint density at radius 2 is 1.05 bits per heavy atom. The summed E-state index contributed by atoms with van der Waals surface area (Å²) in [7, 11) is 0. The number of fused-ring (bicyclic) bond motifs is 1. The summed E-state index contributed by atoms with van der Waals surface area (Å²) in [6, 6.07) is 26.8. The van der Waals surface area contributed by atoms with Crippen molar-refractivity contribution in [1.29, 1.82) is 0 Å². The minimum absolute atomic E-state index is 0. The van der Waals surface area contributed by atoms with E-state index in [2.05, 4.69) is 129 Å². The van der Waals surface area contributed by atoms with Gasteiger partial charge in [0.15, 0.2) is 0 Å². The van der Waals surface area contributed by atoms with Gasteiger partial charge in [0.2, 0.25) is 0 Å². The minimum atomic E-state index is 0. The van der Waals surface area contributed by atoms with Crippen molar-refractivity contribution >= 4 is 38.1 Å². The summed E-state index contributed by atoms with van der Waals surface area (Å²) >= 11 is 0. The van der Waals surface area contributed by atoms with E-state index in [1.54, 1.807) is 0 Å². The molecule has 0 radical (unpaired) electrons. The van der Waals surface area contributed by atoms with Crippen LogP contribution in [0.15, 0.2) is 89.9 Å². The van der Waals surface area contributed by atoms with E-state index < -0.39 is 0 Å². The molecule has 0 spiro atoms. The number of anilines is 2. The van der Waals surface area contributed by atoms with Gasteiger partial charge >= 0.3 is 0 Å². The number of benzene rings is 3. The smallest absolute Gasteiger partial charge is 0.0652 e. The molecule has 0 aromatic heterocycles. The molecular weight excluding hydrogens is 765 g/mol. The molecule has 4 rings (SSSR count). The van der Waals surface area contributed by atoms with E-state index in [1.165, 1.54) is 44.8 Å². The molecule has 0 amide bonds. The third-order valence-corrected chi connectivity index (χ3v) is 7.07. The molecule has 40 heavy (non-hydrogen) atoms. The number of aliphatic imine (C=N–C) groups is 1. The average molecular weight is 809 g/mol. The van der Waals surface area contributed by atoms with Gasteiger partial charge in [-0.15, -0.1) is 0 Å². The number of rotatable bonds is 9. The quantitative estimate of drug-likeness (QED) is 0.174. The molecule has 0 fully saturated rings. The Morgan fingerprint density at radius 1 is 0.625 bits per heavy atom. The van der Waals surface area contributed by atoms with Gasteiger partial charge in [0.1, 0.15) is 0 Å². The van der Waals surface area contributed by atoms with E-state index in [4.69, 9.17) is 4.99 Å². The second-order valence-electron chi connectivity index (χ2n) is 8.97. The third-order valence-electron chi connectivity index (χ3n) is 7.07. The first-order chi connectivity index (χ1) is 17.6. The molecule has 2 N–H and O–H groups in total. The van der Waals surface area contributed by atoms with Crippen LogP contribution in [0.3, 0.4) is 0 Å². The molecular formula is C33H44MoN3OPW. The van der Waals surface area contributed by atoms with Crippen LogP contribution in [0.1, 0.15) is 56.9 Å². The van der Waals surface area contributed by atoms with Crippen LogP contribution in [0, 0.1) is 0 Å². The number of hydrogen-bond donors (Lipinski definition) is 0. The van der Waals surface area contributed by atoms with Crippen molar-refractivity contribution in [2.75, 3.05) is 42.5 Å². The Labute approximate surface area is 273 Å². The Balaban J connectivity index is 0.00000380. The Kier molecular flexibility index (Phi) is 17.7. The second kappa shape index (κ2) is 18.6. The topological polar surface area (TPSA) is 50.3 Å². The molecule has 0 heterocycles. The SMILES string of the molecule is CCN=C1C=CC(=C(c2ccc(N(CC)CC)cc2)c2ccc(N(CC)CC)cc2)c2ccccc21.O.P.[Mo].[W]. The van der Waals surface area contributed by atoms with E-state index in [9.17, 15) is 0 Å². The molecule has 0 aliphatic heterocycles. The Morgan fingerprint density at radius 3 is 1.45 bits per heavy atom. The molecule has 1 aliphatic carbocycles. The van der Waals surface area contributed by atoms with Gasteiger partial charge < -0.3 is 15.3 Å². The first-order valence-corrected chi connectivity index (χ1v) is 13.4. The molecule has 1 unspecified atom stereocenters. The van der Waals surface area contributed by atoms with Crippen LogP contribution in [-0.4, -0.2) is 43.9 Å². The maximum absolute atomic E-state index is 4.76. The fourth-order valence-corrected chi connectivity index (χ4v) is 5.14. The summed E-state index contributed by atoms with van der Waals surface area (Å²) in [5.41, 5.74) is 11.0. The van der Waals surface area contributed by atoms with Crippen LogP contribution < -0.4 is 9.80 Å². The summed E-state index contributed by atoms with van der Waals surface area (Å²) < 4.78 is 0. The van der Waals surface area contributed by atoms with Crippen LogP contribution >= 0.6 is 9.90 Å². The maximum atomic E-state index is 4.76. The van der Waals surface area contributed by atoms with Gasteiger partial charge in [0, 0.05) is 91.8 Å². The Bertz CT molecular complexity index is 1210. The van der Waals surface area contributed by atoms with E-state index in [-0.39, 0.29) is 57.5 Å². The molecule has 0 saturated carbocycles. The molecule has 1 atom stereocenters. The fraction of sp³-hybridized carbons (Fsp3) is 0.303. The number of nitrogens with zero attached hydrogens (tertiary/aromatic N) is 3. The van der Waals surface area contributed by atoms with Crippen molar-refractivity contribution in [3.8, 4) is 0 Å². The molecule has 3 aromatic rings. The molecule has 0 saturated heterocycles. The molecule has 7 heteroatoms. The van der Waals surface area contributed by atoms with E-state index in [0.29, 0.717) is 0 Å². The van der Waals surface area contributed by atoms with Gasteiger partial charge in [-0.25, -0.2) is 0 Å². The monoisotopic (exact) mass is 811 g/mol. The van der Waals surface area contributed by atoms with Crippen molar-refractivity contribution in [2.45, 2.75) is 34.6 Å². The van der Waals surface area contributed by atoms with Crippen LogP contribution in [0.2, 0.25) is 0 Å². The van der Waals surface area contributed by atoms with Crippen molar-refractivity contribution < 1.29 is 47.6 Å². The fourth-order valence-electron chi connectivity index (χ4n) is 5.14. The number of allylic oxidation sites excluding steroid dienone is 3. The first-order valence-electron chi connectivity index (χ1n) is 13.4. The molecule has 4 nitrogen and oxygen atoms in total. The van der Waals surface area contributed by atoms with Gasteiger partial charge in [0.05, 0.1) is 5.71 Å². The molecule has 214 valence electrons. The van der Waals surface area contributed by atoms with Gasteiger partial charge in [-0.1, -0.05) is 54.6 Å². The molecule has 3 aromatic carbocycles. The summed E-state index contributed by atoms with van der Waals surface area (Å²) in [5, 5.41) is 0. The summed E-state index contributed by atoms with van der Waals surface area (Å²) in [6.07, 6.45) is 4.43. The van der Waals surface area contributed by atoms with Crippen molar-refractivity contribution in [1.82, 2.24) is 0 Å². The van der Waals surface area contributed by atoms with Gasteiger partial charge in [-0.05, 0) is 92.8 Å². The van der Waals surface area contributed by atoms with E-state index in [1.807, 2.05) is 0 Å². The minimum Gasteiger partial charge on any atom is -0.412 e. The van der Waals surface area contributed by atoms with Crippen LogP contribution in [0.25, 0.3) is 11.1 Å². The second-order valence-corrected chi connectivity index (χ2v) is 8.97. The van der Waals surface area contributed by atoms with E-state index in [0.717, 1.165) is 38.4 Å². The largest absolute Gasteiger partial charge is 0.412 e. The number of hydrogen-bond acceptors (Lipinski definition) is 3. The first kappa shape index (κ1) is 38.2. The van der Waals surface area contributed by atoms with Crippen molar-refractivity contribution in [2.24, 2.45) is 4.99 Å². The van der Waals surface area contributed by atoms with Crippen LogP contribution in [0.4, 0.5) is 11.4 Å². The normalized spacial score (nSPS) is 12.2. The standard InChI is InChI=1S/C33H39N3.Mo.H2O.H3P.W/c1-6-34-32-24-23-31(29-13-11-12-14-30(29)32)33(25-15-19-27(20-16-25)35(7-2)8-3)26-17-21-28(22-18-26)36(9-4)10-5;;;;/h11-24H,6-10H2,1-5H3;;1H2;1H3;. The predicted octanol–water partition coefficient (Wildman–Crippen LogP) is 6.95. The predicted molar refractivity (Wildman–Crippen MR) is 173 cm³/mol. The van der Waals surface area contributed by atoms with Crippen LogP contribution in [-0.2, 0) is 42.1 Å². The third kappa shape index (κ3) is 8.36. The maximum Gasteiger partial charge on any atom is 0.0652 e. The van der Waals surface area contributed by atoms with Crippen molar-refractivity contribution in [3.63, 3.8) is 0 Å². The van der Waals surface area contributed by atoms with Crippen LogP contribution in [0.5, 0.6) is 0 Å². The van der Waals surface area contributed by atoms with Gasteiger partial charge in [-0.3, -0.25) is 4.99 Å². The zero-order chi connectivity index (χ0) is 25.5. The van der Waals surface area contributed by atoms with Gasteiger partial charge in [0.25, 0.3) is 0 Å². The summed E-state index contributed by atoms with van der Waals surface area (Å²) in [6.45, 7) is 15.7. The zero-order valence-corrected chi connectivity index (χ0v) is 30.8. The zero-order valence-electron chi connectivity index (χ0n) is 24.5. The van der Waals surface area contributed by atoms with Crippen molar-refractivity contribution in [3.05, 3.63) is 107 Å². The van der Waals surface area contributed by atoms with Gasteiger partial charge in [-0.2, -0.15) is 9.90 Å². The molecule has 0 bridgehead atoms. The van der Waals surface area contributed by atoms with E-state index >= 15 is 0 Å². The summed E-state index contributed by atoms with van der Waals surface area (Å²) in [5.74, 6) is 0.